The van der Waals surface area contributed by atoms with Crippen molar-refractivity contribution < 1.29 is 23.9 Å². The number of amides is 2. The summed E-state index contributed by atoms with van der Waals surface area (Å²) >= 11 is 0. The average Bonchev–Trinajstić information content (AvgIpc) is 3.40. The van der Waals surface area contributed by atoms with Gasteiger partial charge in [0.25, 0.3) is 5.91 Å². The Balaban J connectivity index is 1.52. The molecule has 2 amide bonds. The Hall–Kier alpha value is -3.84. The number of rotatable bonds is 8. The third-order valence-corrected chi connectivity index (χ3v) is 6.39. The van der Waals surface area contributed by atoms with Crippen LogP contribution in [-0.2, 0) is 21.0 Å². The van der Waals surface area contributed by atoms with E-state index in [0.29, 0.717) is 18.1 Å². The summed E-state index contributed by atoms with van der Waals surface area (Å²) in [5.74, 6) is -0.0251. The molecule has 0 aliphatic carbocycles. The molecule has 3 aromatic rings. The fourth-order valence-electron chi connectivity index (χ4n) is 4.73. The van der Waals surface area contributed by atoms with Gasteiger partial charge in [-0.05, 0) is 41.8 Å². The number of likely N-dealkylation sites (tertiary alicyclic amines) is 1. The van der Waals surface area contributed by atoms with Gasteiger partial charge in [-0.25, -0.2) is 5.06 Å². The standard InChI is InChI=1S/C28H28N2O5/c1-3-16-34-22-15-14-20(17-23(22)33-2)25-24-26(35-30(25)21-12-8-5-9-13-21)28(32)29(27(24)31)18-19-10-6-4-7-11-19/h4-15,17,24-26H,3,16,18H2,1-2H3/t24-,25+,26-/m1/s1. The molecule has 7 nitrogen and oxygen atoms in total. The van der Waals surface area contributed by atoms with E-state index in [1.165, 1.54) is 4.90 Å². The molecule has 180 valence electrons. The molecule has 2 fully saturated rings. The third-order valence-electron chi connectivity index (χ3n) is 6.39. The van der Waals surface area contributed by atoms with Crippen LogP contribution in [0.2, 0.25) is 0 Å². The number of hydroxylamine groups is 1. The predicted molar refractivity (Wildman–Crippen MR) is 131 cm³/mol. The number of anilines is 1. The molecule has 2 saturated heterocycles. The van der Waals surface area contributed by atoms with Crippen LogP contribution in [-0.4, -0.2) is 36.5 Å². The van der Waals surface area contributed by atoms with Crippen LogP contribution in [0.5, 0.6) is 11.5 Å². The molecule has 0 radical (unpaired) electrons. The molecule has 2 aliphatic heterocycles. The predicted octanol–water partition coefficient (Wildman–Crippen LogP) is 4.53. The molecule has 3 atom stereocenters. The Morgan fingerprint density at radius 2 is 1.60 bits per heavy atom. The number of hydrogen-bond donors (Lipinski definition) is 0. The highest BCUT2D eigenvalue weighted by Gasteiger charge is 2.59. The molecule has 2 aliphatic rings. The van der Waals surface area contributed by atoms with Gasteiger partial charge in [-0.2, -0.15) is 0 Å². The molecule has 0 bridgehead atoms. The van der Waals surface area contributed by atoms with Gasteiger partial charge >= 0.3 is 0 Å². The van der Waals surface area contributed by atoms with Gasteiger partial charge in [0, 0.05) is 0 Å². The van der Waals surface area contributed by atoms with Gasteiger partial charge in [0.2, 0.25) is 5.91 Å². The number of hydrogen-bond acceptors (Lipinski definition) is 6. The van der Waals surface area contributed by atoms with Crippen LogP contribution >= 0.6 is 0 Å². The van der Waals surface area contributed by atoms with Gasteiger partial charge < -0.3 is 9.47 Å². The summed E-state index contributed by atoms with van der Waals surface area (Å²) in [6.07, 6.45) is -0.0146. The summed E-state index contributed by atoms with van der Waals surface area (Å²) in [7, 11) is 1.59. The maximum Gasteiger partial charge on any atom is 0.262 e. The van der Waals surface area contributed by atoms with Crippen molar-refractivity contribution in [3.05, 3.63) is 90.0 Å². The molecule has 35 heavy (non-hydrogen) atoms. The van der Waals surface area contributed by atoms with Gasteiger partial charge in [0.1, 0.15) is 5.92 Å². The van der Waals surface area contributed by atoms with E-state index in [1.807, 2.05) is 85.8 Å². The van der Waals surface area contributed by atoms with Gasteiger partial charge in [0.05, 0.1) is 32.0 Å². The first-order valence-corrected chi connectivity index (χ1v) is 11.8. The SMILES string of the molecule is CCCOc1ccc([C@H]2[C@H]3C(=O)N(Cc4ccccc4)C(=O)[C@@H]3ON2c2ccccc2)cc1OC. The number of carbonyl (C=O) groups excluding carboxylic acids is 2. The number of nitrogens with zero attached hydrogens (tertiary/aromatic N) is 2. The number of imide groups is 1. The van der Waals surface area contributed by atoms with Crippen molar-refractivity contribution in [3.8, 4) is 11.5 Å². The van der Waals surface area contributed by atoms with Crippen molar-refractivity contribution in [2.75, 3.05) is 18.8 Å². The second-order valence-electron chi connectivity index (χ2n) is 8.66. The third kappa shape index (κ3) is 4.23. The van der Waals surface area contributed by atoms with E-state index in [-0.39, 0.29) is 18.4 Å². The summed E-state index contributed by atoms with van der Waals surface area (Å²) in [5, 5.41) is 1.69. The summed E-state index contributed by atoms with van der Waals surface area (Å²) in [6, 6.07) is 24.2. The largest absolute Gasteiger partial charge is 0.493 e. The molecular weight excluding hydrogens is 444 g/mol. The quantitative estimate of drug-likeness (QED) is 0.449. The molecule has 3 aromatic carbocycles. The molecule has 0 N–H and O–H groups in total. The number of methoxy groups -OCH3 is 1. The minimum Gasteiger partial charge on any atom is -0.493 e. The van der Waals surface area contributed by atoms with Crippen molar-refractivity contribution in [3.63, 3.8) is 0 Å². The van der Waals surface area contributed by atoms with Crippen LogP contribution in [0.4, 0.5) is 5.69 Å². The van der Waals surface area contributed by atoms with Crippen molar-refractivity contribution in [1.82, 2.24) is 4.90 Å². The second-order valence-corrected chi connectivity index (χ2v) is 8.66. The number of para-hydroxylation sites is 1. The summed E-state index contributed by atoms with van der Waals surface area (Å²) in [5.41, 5.74) is 2.47. The second kappa shape index (κ2) is 9.80. The van der Waals surface area contributed by atoms with Crippen LogP contribution in [0.1, 0.15) is 30.5 Å². The van der Waals surface area contributed by atoms with Crippen LogP contribution in [0, 0.1) is 5.92 Å². The molecule has 7 heteroatoms. The first-order valence-electron chi connectivity index (χ1n) is 11.8. The minimum atomic E-state index is -0.890. The average molecular weight is 473 g/mol. The first-order chi connectivity index (χ1) is 17.1. The van der Waals surface area contributed by atoms with Crippen molar-refractivity contribution >= 4 is 17.5 Å². The smallest absolute Gasteiger partial charge is 0.262 e. The molecule has 0 aromatic heterocycles. The first kappa shape index (κ1) is 22.9. The van der Waals surface area contributed by atoms with E-state index < -0.39 is 18.1 Å². The molecule has 2 heterocycles. The van der Waals surface area contributed by atoms with E-state index in [2.05, 4.69) is 0 Å². The van der Waals surface area contributed by atoms with Crippen LogP contribution < -0.4 is 14.5 Å². The zero-order chi connectivity index (χ0) is 24.4. The Labute approximate surface area is 204 Å². The Bertz CT molecular complexity index is 1200. The molecule has 5 rings (SSSR count). The fraction of sp³-hybridized carbons (Fsp3) is 0.286. The Morgan fingerprint density at radius 1 is 0.886 bits per heavy atom. The highest BCUT2D eigenvalue weighted by Crippen LogP contribution is 2.48. The lowest BCUT2D eigenvalue weighted by molar-refractivity contribution is -0.143. The summed E-state index contributed by atoms with van der Waals surface area (Å²) in [4.78, 5) is 34.5. The Morgan fingerprint density at radius 3 is 2.29 bits per heavy atom. The van der Waals surface area contributed by atoms with Gasteiger partial charge in [0.15, 0.2) is 17.6 Å². The molecular formula is C28H28N2O5. The number of carbonyl (C=O) groups is 2. The number of ether oxygens (including phenoxy) is 2. The van der Waals surface area contributed by atoms with Gasteiger partial charge in [-0.15, -0.1) is 0 Å². The normalized spacial score (nSPS) is 21.4. The lowest BCUT2D eigenvalue weighted by atomic mass is 9.90. The van der Waals surface area contributed by atoms with E-state index in [4.69, 9.17) is 14.3 Å². The molecule has 0 unspecified atom stereocenters. The van der Waals surface area contributed by atoms with Crippen molar-refractivity contribution in [2.24, 2.45) is 5.92 Å². The topological polar surface area (TPSA) is 68.3 Å². The van der Waals surface area contributed by atoms with Gasteiger partial charge in [-0.1, -0.05) is 61.5 Å². The fourth-order valence-corrected chi connectivity index (χ4v) is 4.73. The highest BCUT2D eigenvalue weighted by atomic mass is 16.7. The lowest BCUT2D eigenvalue weighted by Crippen LogP contribution is -2.36. The molecule has 0 saturated carbocycles. The minimum absolute atomic E-state index is 0.222. The van der Waals surface area contributed by atoms with Crippen LogP contribution in [0.3, 0.4) is 0 Å². The maximum absolute atomic E-state index is 13.7. The van der Waals surface area contributed by atoms with Crippen LogP contribution in [0.15, 0.2) is 78.9 Å². The van der Waals surface area contributed by atoms with E-state index in [1.54, 1.807) is 12.2 Å². The number of benzene rings is 3. The van der Waals surface area contributed by atoms with E-state index in [9.17, 15) is 9.59 Å². The Kier molecular flexibility index (Phi) is 6.42. The monoisotopic (exact) mass is 472 g/mol. The van der Waals surface area contributed by atoms with Crippen LogP contribution in [0.25, 0.3) is 0 Å². The zero-order valence-corrected chi connectivity index (χ0v) is 19.8. The summed E-state index contributed by atoms with van der Waals surface area (Å²) < 4.78 is 11.4. The summed E-state index contributed by atoms with van der Waals surface area (Å²) in [6.45, 7) is 2.84. The molecule has 0 spiro atoms. The van der Waals surface area contributed by atoms with Crippen molar-refractivity contribution in [1.29, 1.82) is 0 Å². The van der Waals surface area contributed by atoms with E-state index in [0.717, 1.165) is 23.2 Å². The maximum atomic E-state index is 13.7. The van der Waals surface area contributed by atoms with Gasteiger partial charge in [-0.3, -0.25) is 19.3 Å². The van der Waals surface area contributed by atoms with Crippen molar-refractivity contribution in [2.45, 2.75) is 32.0 Å². The number of fused-ring (bicyclic) bond motifs is 1. The zero-order valence-electron chi connectivity index (χ0n) is 19.8. The lowest BCUT2D eigenvalue weighted by Gasteiger charge is -2.29. The van der Waals surface area contributed by atoms with E-state index >= 15 is 0 Å². The highest BCUT2D eigenvalue weighted by molar-refractivity contribution is 6.07.